The van der Waals surface area contributed by atoms with Crippen LogP contribution in [0.3, 0.4) is 0 Å². The van der Waals surface area contributed by atoms with Gasteiger partial charge in [-0.15, -0.1) is 0 Å². The molecule has 0 aromatic rings. The maximum atomic E-state index is 12.0. The van der Waals surface area contributed by atoms with Gasteiger partial charge in [-0.1, -0.05) is 37.8 Å². The fourth-order valence-electron chi connectivity index (χ4n) is 1.60. The second-order valence-electron chi connectivity index (χ2n) is 4.84. The lowest BCUT2D eigenvalue weighted by Crippen LogP contribution is -2.32. The summed E-state index contributed by atoms with van der Waals surface area (Å²) in [6, 6.07) is 2.33. The first kappa shape index (κ1) is 14.5. The van der Waals surface area contributed by atoms with E-state index in [1.807, 2.05) is 20.8 Å². The molecular weight excluding hydrogens is 252 g/mol. The van der Waals surface area contributed by atoms with E-state index in [-0.39, 0.29) is 11.8 Å². The Labute approximate surface area is 113 Å². The summed E-state index contributed by atoms with van der Waals surface area (Å²) in [5, 5.41) is 9.18. The lowest BCUT2D eigenvalue weighted by atomic mass is 9.77. The van der Waals surface area contributed by atoms with E-state index in [1.165, 1.54) is 0 Å². The van der Waals surface area contributed by atoms with Gasteiger partial charge in [0.2, 0.25) is 5.91 Å². The maximum Gasteiger partial charge on any atom is 0.228 e. The summed E-state index contributed by atoms with van der Waals surface area (Å²) in [6.45, 7) is 6.67. The zero-order valence-electron chi connectivity index (χ0n) is 10.5. The lowest BCUT2D eigenvalue weighted by Gasteiger charge is -2.26. The van der Waals surface area contributed by atoms with Crippen molar-refractivity contribution in [1.82, 2.24) is 4.90 Å². The number of thioether (sulfide) groups is 1. The molecule has 1 amide bonds. The van der Waals surface area contributed by atoms with E-state index >= 15 is 0 Å². The fraction of sp³-hybridized carbons (Fsp3) is 0.750. The topological polar surface area (TPSA) is 44.1 Å². The minimum absolute atomic E-state index is 0.0575. The Morgan fingerprint density at radius 2 is 2.35 bits per heavy atom. The van der Waals surface area contributed by atoms with Crippen LogP contribution in [0.25, 0.3) is 0 Å². The number of nitrogens with zero attached hydrogens (tertiary/aromatic N) is 2. The molecule has 17 heavy (non-hydrogen) atoms. The molecule has 0 radical (unpaired) electrons. The highest BCUT2D eigenvalue weighted by molar-refractivity contribution is 8.23. The van der Waals surface area contributed by atoms with Crippen molar-refractivity contribution >= 4 is 34.2 Å². The molecule has 0 aromatic heterocycles. The van der Waals surface area contributed by atoms with Gasteiger partial charge in [-0.3, -0.25) is 9.69 Å². The van der Waals surface area contributed by atoms with Crippen LogP contribution in [0.5, 0.6) is 0 Å². The molecule has 0 bridgehead atoms. The maximum absolute atomic E-state index is 12.0. The first-order valence-electron chi connectivity index (χ1n) is 5.79. The van der Waals surface area contributed by atoms with Gasteiger partial charge in [-0.25, -0.2) is 0 Å². The van der Waals surface area contributed by atoms with E-state index in [2.05, 4.69) is 6.07 Å². The second-order valence-corrected chi connectivity index (χ2v) is 6.57. The molecule has 1 rings (SSSR count). The summed E-state index contributed by atoms with van der Waals surface area (Å²) in [5.74, 6) is 1.20. The average molecular weight is 270 g/mol. The third-order valence-corrected chi connectivity index (χ3v) is 4.88. The van der Waals surface area contributed by atoms with Crippen LogP contribution < -0.4 is 0 Å². The van der Waals surface area contributed by atoms with Crippen molar-refractivity contribution < 1.29 is 4.79 Å². The van der Waals surface area contributed by atoms with E-state index in [4.69, 9.17) is 12.2 Å². The number of hydrogen-bond acceptors (Lipinski definition) is 4. The first-order chi connectivity index (χ1) is 7.90. The van der Waals surface area contributed by atoms with Crippen molar-refractivity contribution in [3.8, 4) is 6.07 Å². The van der Waals surface area contributed by atoms with Crippen LogP contribution in [-0.2, 0) is 4.79 Å². The molecule has 3 nitrogen and oxygen atoms in total. The van der Waals surface area contributed by atoms with Crippen LogP contribution in [0.2, 0.25) is 0 Å². The zero-order chi connectivity index (χ0) is 13.1. The SMILES string of the molecule is CC(C)C(C)(C#N)CCC(=O)N1CCSC1=S. The highest BCUT2D eigenvalue weighted by Gasteiger charge is 2.31. The Kier molecular flexibility index (Phi) is 4.96. The first-order valence-corrected chi connectivity index (χ1v) is 7.18. The number of rotatable bonds is 4. The monoisotopic (exact) mass is 270 g/mol. The molecular formula is C12H18N2OS2. The summed E-state index contributed by atoms with van der Waals surface area (Å²) in [5.41, 5.74) is -0.426. The minimum Gasteiger partial charge on any atom is -0.297 e. The molecule has 1 heterocycles. The number of amides is 1. The molecule has 5 heteroatoms. The average Bonchev–Trinajstić information content (AvgIpc) is 2.71. The molecule has 94 valence electrons. The standard InChI is InChI=1S/C12H18N2OS2/c1-9(2)12(3,8-13)5-4-10(15)14-6-7-17-11(14)16/h9H,4-7H2,1-3H3. The molecule has 0 aromatic carbocycles. The van der Waals surface area contributed by atoms with Crippen molar-refractivity contribution in [2.75, 3.05) is 12.3 Å². The number of nitriles is 1. The lowest BCUT2D eigenvalue weighted by molar-refractivity contribution is -0.127. The predicted octanol–water partition coefficient (Wildman–Crippen LogP) is 2.81. The number of carbonyl (C=O) groups is 1. The summed E-state index contributed by atoms with van der Waals surface area (Å²) >= 11 is 6.66. The van der Waals surface area contributed by atoms with Gasteiger partial charge in [0.1, 0.15) is 4.32 Å². The normalized spacial score (nSPS) is 19.2. The van der Waals surface area contributed by atoms with Crippen molar-refractivity contribution in [1.29, 1.82) is 5.26 Å². The third-order valence-electron chi connectivity index (χ3n) is 3.45. The highest BCUT2D eigenvalue weighted by atomic mass is 32.2. The molecule has 0 saturated carbocycles. The summed E-state index contributed by atoms with van der Waals surface area (Å²) in [6.07, 6.45) is 1.01. The largest absolute Gasteiger partial charge is 0.297 e. The quantitative estimate of drug-likeness (QED) is 0.737. The summed E-state index contributed by atoms with van der Waals surface area (Å²) < 4.78 is 0.679. The van der Waals surface area contributed by atoms with Gasteiger partial charge in [-0.2, -0.15) is 5.26 Å². The van der Waals surface area contributed by atoms with Crippen LogP contribution in [-0.4, -0.2) is 27.4 Å². The van der Waals surface area contributed by atoms with Crippen LogP contribution in [0, 0.1) is 22.7 Å². The van der Waals surface area contributed by atoms with Gasteiger partial charge in [0.15, 0.2) is 0 Å². The van der Waals surface area contributed by atoms with Crippen molar-refractivity contribution in [3.63, 3.8) is 0 Å². The molecule has 1 saturated heterocycles. The van der Waals surface area contributed by atoms with Gasteiger partial charge in [0.25, 0.3) is 0 Å². The van der Waals surface area contributed by atoms with Crippen LogP contribution >= 0.6 is 24.0 Å². The number of hydrogen-bond donors (Lipinski definition) is 0. The van der Waals surface area contributed by atoms with Gasteiger partial charge in [0.05, 0.1) is 11.5 Å². The van der Waals surface area contributed by atoms with E-state index in [1.54, 1.807) is 16.7 Å². The summed E-state index contributed by atoms with van der Waals surface area (Å²) in [4.78, 5) is 13.6. The molecule has 0 aliphatic carbocycles. The minimum atomic E-state index is -0.426. The Balaban J connectivity index is 2.53. The summed E-state index contributed by atoms with van der Waals surface area (Å²) in [7, 11) is 0. The highest BCUT2D eigenvalue weighted by Crippen LogP contribution is 2.32. The Morgan fingerprint density at radius 1 is 1.71 bits per heavy atom. The third kappa shape index (κ3) is 3.43. The molecule has 1 fully saturated rings. The number of thiocarbonyl (C=S) groups is 1. The van der Waals surface area contributed by atoms with Gasteiger partial charge in [-0.05, 0) is 19.3 Å². The molecule has 1 unspecified atom stereocenters. The molecule has 1 aliphatic rings. The molecule has 1 aliphatic heterocycles. The Hall–Kier alpha value is -0.600. The fourth-order valence-corrected chi connectivity index (χ4v) is 2.84. The molecule has 1 atom stereocenters. The van der Waals surface area contributed by atoms with Gasteiger partial charge in [0, 0.05) is 18.7 Å². The van der Waals surface area contributed by atoms with Gasteiger partial charge >= 0.3 is 0 Å². The van der Waals surface area contributed by atoms with E-state index in [0.29, 0.717) is 23.7 Å². The second kappa shape index (κ2) is 5.83. The molecule has 0 spiro atoms. The van der Waals surface area contributed by atoms with Crippen LogP contribution in [0.15, 0.2) is 0 Å². The molecule has 0 N–H and O–H groups in total. The smallest absolute Gasteiger partial charge is 0.228 e. The zero-order valence-corrected chi connectivity index (χ0v) is 12.2. The van der Waals surface area contributed by atoms with Crippen LogP contribution in [0.4, 0.5) is 0 Å². The van der Waals surface area contributed by atoms with Crippen molar-refractivity contribution in [2.45, 2.75) is 33.6 Å². The van der Waals surface area contributed by atoms with E-state index in [9.17, 15) is 10.1 Å². The van der Waals surface area contributed by atoms with Gasteiger partial charge < -0.3 is 0 Å². The Morgan fingerprint density at radius 3 is 2.76 bits per heavy atom. The van der Waals surface area contributed by atoms with E-state index in [0.717, 1.165) is 5.75 Å². The predicted molar refractivity (Wildman–Crippen MR) is 74.6 cm³/mol. The van der Waals surface area contributed by atoms with E-state index < -0.39 is 5.41 Å². The van der Waals surface area contributed by atoms with Crippen LogP contribution in [0.1, 0.15) is 33.6 Å². The number of carbonyl (C=O) groups excluding carboxylic acids is 1. The van der Waals surface area contributed by atoms with Crippen molar-refractivity contribution in [2.24, 2.45) is 11.3 Å². The Bertz CT molecular complexity index is 362. The van der Waals surface area contributed by atoms with Crippen molar-refractivity contribution in [3.05, 3.63) is 0 Å².